The largest absolute Gasteiger partial charge is 0.355 e. The Bertz CT molecular complexity index is 1340. The van der Waals surface area contributed by atoms with Crippen molar-refractivity contribution in [2.24, 2.45) is 0 Å². The molecule has 0 atom stereocenters. The van der Waals surface area contributed by atoms with Crippen molar-refractivity contribution in [2.75, 3.05) is 5.32 Å². The maximum atomic E-state index is 3.70. The van der Waals surface area contributed by atoms with Crippen LogP contribution in [0.5, 0.6) is 0 Å². The van der Waals surface area contributed by atoms with E-state index in [-0.39, 0.29) is 21.7 Å². The van der Waals surface area contributed by atoms with Crippen molar-refractivity contribution in [1.29, 1.82) is 0 Å². The fraction of sp³-hybridized carbons (Fsp3) is 0.400. The lowest BCUT2D eigenvalue weighted by atomic mass is 9.79. The van der Waals surface area contributed by atoms with Crippen molar-refractivity contribution in [3.05, 3.63) is 107 Å². The molecular weight excluding hydrogens is 494 g/mol. The first-order valence-electron chi connectivity index (χ1n) is 15.1. The lowest BCUT2D eigenvalue weighted by Gasteiger charge is -2.26. The topological polar surface area (TPSA) is 12.0 Å². The summed E-state index contributed by atoms with van der Waals surface area (Å²) < 4.78 is 0. The highest BCUT2D eigenvalue weighted by Gasteiger charge is 2.22. The normalized spacial score (nSPS) is 12.9. The van der Waals surface area contributed by atoms with Crippen LogP contribution in [0.3, 0.4) is 0 Å². The van der Waals surface area contributed by atoms with E-state index in [2.05, 4.69) is 173 Å². The lowest BCUT2D eigenvalue weighted by molar-refractivity contribution is 0.568. The Morgan fingerprint density at radius 1 is 0.341 bits per heavy atom. The predicted octanol–water partition coefficient (Wildman–Crippen LogP) is 12.0. The van der Waals surface area contributed by atoms with Crippen molar-refractivity contribution in [3.63, 3.8) is 0 Å². The maximum absolute atomic E-state index is 3.70. The molecule has 0 aromatic heterocycles. The molecule has 216 valence electrons. The molecule has 1 N–H and O–H groups in total. The van der Waals surface area contributed by atoms with Gasteiger partial charge >= 0.3 is 0 Å². The molecule has 0 aliphatic carbocycles. The molecule has 0 heterocycles. The van der Waals surface area contributed by atoms with Crippen molar-refractivity contribution in [1.82, 2.24) is 0 Å². The minimum Gasteiger partial charge on any atom is -0.355 e. The third-order valence-electron chi connectivity index (χ3n) is 8.01. The van der Waals surface area contributed by atoms with Crippen LogP contribution < -0.4 is 5.32 Å². The molecule has 1 nitrogen and oxygen atoms in total. The number of rotatable bonds is 4. The number of nitrogens with one attached hydrogen (secondary N) is 1. The van der Waals surface area contributed by atoms with Crippen molar-refractivity contribution in [2.45, 2.75) is 105 Å². The molecule has 0 aliphatic heterocycles. The number of hydrogen-bond donors (Lipinski definition) is 1. The molecule has 0 radical (unpaired) electrons. The molecule has 4 aromatic rings. The monoisotopic (exact) mass is 545 g/mol. The summed E-state index contributed by atoms with van der Waals surface area (Å²) in [6.45, 7) is 27.6. The minimum atomic E-state index is 0.0868. The van der Waals surface area contributed by atoms with E-state index in [4.69, 9.17) is 0 Å². The number of hydrogen-bond acceptors (Lipinski definition) is 1. The molecule has 0 unspecified atom stereocenters. The molecule has 0 saturated carbocycles. The molecule has 0 saturated heterocycles. The third-order valence-corrected chi connectivity index (χ3v) is 8.01. The summed E-state index contributed by atoms with van der Waals surface area (Å²) in [5.41, 5.74) is 13.0. The molecule has 1 heteroatoms. The third kappa shape index (κ3) is 7.50. The van der Waals surface area contributed by atoms with Crippen LogP contribution in [0.4, 0.5) is 11.4 Å². The predicted molar refractivity (Wildman–Crippen MR) is 182 cm³/mol. The van der Waals surface area contributed by atoms with Gasteiger partial charge in [0, 0.05) is 11.4 Å². The van der Waals surface area contributed by atoms with Crippen LogP contribution in [-0.4, -0.2) is 0 Å². The van der Waals surface area contributed by atoms with Crippen LogP contribution in [-0.2, 0) is 21.7 Å². The van der Waals surface area contributed by atoms with Gasteiger partial charge in [-0.25, -0.2) is 0 Å². The highest BCUT2D eigenvalue weighted by molar-refractivity contribution is 5.75. The smallest absolute Gasteiger partial charge is 0.0390 e. The Morgan fingerprint density at radius 3 is 0.902 bits per heavy atom. The quantitative estimate of drug-likeness (QED) is 0.269. The van der Waals surface area contributed by atoms with E-state index in [1.807, 2.05) is 0 Å². The van der Waals surface area contributed by atoms with E-state index >= 15 is 0 Å². The van der Waals surface area contributed by atoms with Gasteiger partial charge in [0.05, 0.1) is 0 Å². The Hall–Kier alpha value is -3.32. The van der Waals surface area contributed by atoms with Crippen LogP contribution in [0.15, 0.2) is 84.9 Å². The van der Waals surface area contributed by atoms with Crippen LogP contribution in [0, 0.1) is 0 Å². The molecule has 0 fully saturated rings. The fourth-order valence-electron chi connectivity index (χ4n) is 5.04. The SMILES string of the molecule is CC(C)(C)c1cc(-c2cccc(Nc3cccc(-c4cc(C(C)(C)C)cc(C(C)(C)C)c4)c3)c2)cc(C(C)(C)C)c1. The van der Waals surface area contributed by atoms with Crippen molar-refractivity contribution >= 4 is 11.4 Å². The van der Waals surface area contributed by atoms with Gasteiger partial charge in [-0.2, -0.15) is 0 Å². The summed E-state index contributed by atoms with van der Waals surface area (Å²) in [4.78, 5) is 0. The average molecular weight is 546 g/mol. The molecule has 4 rings (SSSR count). The summed E-state index contributed by atoms with van der Waals surface area (Å²) in [6, 6.07) is 31.9. The molecule has 41 heavy (non-hydrogen) atoms. The fourth-order valence-corrected chi connectivity index (χ4v) is 5.04. The van der Waals surface area contributed by atoms with Gasteiger partial charge in [0.25, 0.3) is 0 Å². The highest BCUT2D eigenvalue weighted by Crippen LogP contribution is 2.37. The van der Waals surface area contributed by atoms with Gasteiger partial charge in [0.1, 0.15) is 0 Å². The standard InChI is InChI=1S/C40H51N/c1-37(2,3)31-19-29(20-32(25-31)38(4,5)6)27-15-13-17-35(23-27)41-36-18-14-16-28(24-36)30-21-33(39(7,8)9)26-34(22-30)40(10,11)12/h13-26,41H,1-12H3. The van der Waals surface area contributed by atoms with E-state index < -0.39 is 0 Å². The Labute approximate surface area is 250 Å². The van der Waals surface area contributed by atoms with E-state index in [0.29, 0.717) is 0 Å². The highest BCUT2D eigenvalue weighted by atomic mass is 14.9. The van der Waals surface area contributed by atoms with Crippen LogP contribution in [0.1, 0.15) is 105 Å². The summed E-state index contributed by atoms with van der Waals surface area (Å²) in [6.07, 6.45) is 0. The summed E-state index contributed by atoms with van der Waals surface area (Å²) in [5, 5.41) is 3.70. The van der Waals surface area contributed by atoms with Gasteiger partial charge in [0.15, 0.2) is 0 Å². The van der Waals surface area contributed by atoms with Gasteiger partial charge in [-0.3, -0.25) is 0 Å². The van der Waals surface area contributed by atoms with Crippen LogP contribution >= 0.6 is 0 Å². The summed E-state index contributed by atoms with van der Waals surface area (Å²) >= 11 is 0. The van der Waals surface area contributed by atoms with Gasteiger partial charge in [-0.1, -0.05) is 144 Å². The first-order chi connectivity index (χ1) is 18.8. The number of benzene rings is 4. The van der Waals surface area contributed by atoms with Crippen LogP contribution in [0.2, 0.25) is 0 Å². The Morgan fingerprint density at radius 2 is 0.634 bits per heavy atom. The zero-order valence-corrected chi connectivity index (χ0v) is 27.6. The van der Waals surface area contributed by atoms with Gasteiger partial charge in [0.2, 0.25) is 0 Å². The van der Waals surface area contributed by atoms with Gasteiger partial charge < -0.3 is 5.32 Å². The summed E-state index contributed by atoms with van der Waals surface area (Å²) in [5.74, 6) is 0. The van der Waals surface area contributed by atoms with Crippen LogP contribution in [0.25, 0.3) is 22.3 Å². The average Bonchev–Trinajstić information content (AvgIpc) is 2.86. The molecule has 0 bridgehead atoms. The molecule has 0 amide bonds. The zero-order chi connectivity index (χ0) is 30.4. The molecular formula is C40H51N. The molecule has 4 aromatic carbocycles. The second-order valence-corrected chi connectivity index (χ2v) is 15.9. The summed E-state index contributed by atoms with van der Waals surface area (Å²) in [7, 11) is 0. The Kier molecular flexibility index (Phi) is 8.09. The van der Waals surface area contributed by atoms with Crippen molar-refractivity contribution < 1.29 is 0 Å². The van der Waals surface area contributed by atoms with E-state index in [1.54, 1.807) is 0 Å². The lowest BCUT2D eigenvalue weighted by Crippen LogP contribution is -2.16. The van der Waals surface area contributed by atoms with E-state index in [9.17, 15) is 0 Å². The van der Waals surface area contributed by atoms with Gasteiger partial charge in [-0.15, -0.1) is 0 Å². The van der Waals surface area contributed by atoms with E-state index in [0.717, 1.165) is 11.4 Å². The first-order valence-corrected chi connectivity index (χ1v) is 15.1. The second-order valence-electron chi connectivity index (χ2n) is 15.9. The van der Waals surface area contributed by atoms with Crippen molar-refractivity contribution in [3.8, 4) is 22.3 Å². The van der Waals surface area contributed by atoms with E-state index in [1.165, 1.54) is 44.5 Å². The minimum absolute atomic E-state index is 0.0868. The molecule has 0 spiro atoms. The first kappa shape index (κ1) is 30.6. The zero-order valence-electron chi connectivity index (χ0n) is 27.6. The number of anilines is 2. The molecule has 0 aliphatic rings. The Balaban J connectivity index is 1.71. The van der Waals surface area contributed by atoms with Gasteiger partial charge in [-0.05, 0) is 90.4 Å². The maximum Gasteiger partial charge on any atom is 0.0390 e. The second kappa shape index (κ2) is 10.8.